The summed E-state index contributed by atoms with van der Waals surface area (Å²) in [4.78, 5) is 0. The van der Waals surface area contributed by atoms with Gasteiger partial charge in [-0.15, -0.1) is 0 Å². The van der Waals surface area contributed by atoms with Gasteiger partial charge in [-0.05, 0) is 113 Å². The van der Waals surface area contributed by atoms with E-state index in [1.54, 1.807) is 0 Å². The van der Waals surface area contributed by atoms with E-state index >= 15 is 0 Å². The summed E-state index contributed by atoms with van der Waals surface area (Å²) in [6.45, 7) is 0. The van der Waals surface area contributed by atoms with Crippen LogP contribution in [0.2, 0.25) is 0 Å². The molecule has 0 aliphatic carbocycles. The highest BCUT2D eigenvalue weighted by Crippen LogP contribution is 2.42. The first-order valence-corrected chi connectivity index (χ1v) is 19.9. The number of aromatic nitrogens is 1. The number of benzene rings is 9. The molecular formula is C54H29NO4. The lowest BCUT2D eigenvalue weighted by Crippen LogP contribution is -1.93. The van der Waals surface area contributed by atoms with Crippen LogP contribution < -0.4 is 0 Å². The van der Waals surface area contributed by atoms with Gasteiger partial charge in [0.05, 0.1) is 11.0 Å². The summed E-state index contributed by atoms with van der Waals surface area (Å²) in [5, 5.41) is 11.0. The average Bonchev–Trinajstić information content (AvgIpc) is 4.09. The number of para-hydroxylation sites is 3. The Morgan fingerprint density at radius 1 is 0.237 bits per heavy atom. The Morgan fingerprint density at radius 3 is 1.15 bits per heavy atom. The highest BCUT2D eigenvalue weighted by Gasteiger charge is 2.19. The first-order valence-electron chi connectivity index (χ1n) is 19.9. The van der Waals surface area contributed by atoms with E-state index in [-0.39, 0.29) is 0 Å². The minimum Gasteiger partial charge on any atom is -0.456 e. The predicted octanol–water partition coefficient (Wildman–Crippen LogP) is 15.7. The quantitative estimate of drug-likeness (QED) is 0.180. The first-order chi connectivity index (χ1) is 29.2. The van der Waals surface area contributed by atoms with Crippen molar-refractivity contribution < 1.29 is 17.7 Å². The van der Waals surface area contributed by atoms with Crippen LogP contribution in [0, 0.1) is 0 Å². The average molecular weight is 756 g/mol. The van der Waals surface area contributed by atoms with E-state index in [1.807, 2.05) is 36.4 Å². The molecule has 0 radical (unpaired) electrons. The zero-order chi connectivity index (χ0) is 38.3. The minimum atomic E-state index is 0.821. The first kappa shape index (κ1) is 31.1. The third-order valence-corrected chi connectivity index (χ3v) is 12.4. The molecule has 5 aromatic heterocycles. The van der Waals surface area contributed by atoms with Crippen molar-refractivity contribution in [3.05, 3.63) is 176 Å². The number of nitrogens with zero attached hydrogens (tertiary/aromatic N) is 1. The smallest absolute Gasteiger partial charge is 0.139 e. The van der Waals surface area contributed by atoms with Gasteiger partial charge in [0, 0.05) is 65.6 Å². The molecule has 9 aromatic carbocycles. The predicted molar refractivity (Wildman–Crippen MR) is 241 cm³/mol. The van der Waals surface area contributed by atoms with Gasteiger partial charge in [-0.2, -0.15) is 0 Å². The van der Waals surface area contributed by atoms with Crippen LogP contribution in [0.25, 0.3) is 138 Å². The summed E-state index contributed by atoms with van der Waals surface area (Å²) >= 11 is 0. The summed E-state index contributed by atoms with van der Waals surface area (Å²) < 4.78 is 27.6. The summed E-state index contributed by atoms with van der Waals surface area (Å²) in [5.74, 6) is 0. The van der Waals surface area contributed by atoms with Crippen LogP contribution in [0.5, 0.6) is 0 Å². The number of hydrogen-bond donors (Lipinski definition) is 0. The Bertz CT molecular complexity index is 4080. The van der Waals surface area contributed by atoms with E-state index in [0.29, 0.717) is 0 Å². The fourth-order valence-corrected chi connectivity index (χ4v) is 9.59. The Labute approximate surface area is 334 Å². The van der Waals surface area contributed by atoms with Gasteiger partial charge >= 0.3 is 0 Å². The maximum absolute atomic E-state index is 6.43. The summed E-state index contributed by atoms with van der Waals surface area (Å²) in [5.41, 5.74) is 14.8. The highest BCUT2D eigenvalue weighted by atomic mass is 16.3. The third-order valence-electron chi connectivity index (χ3n) is 12.4. The second-order valence-corrected chi connectivity index (χ2v) is 15.6. The fraction of sp³-hybridized carbons (Fsp3) is 0. The largest absolute Gasteiger partial charge is 0.456 e. The van der Waals surface area contributed by atoms with E-state index in [4.69, 9.17) is 17.7 Å². The molecule has 0 spiro atoms. The number of hydrogen-bond acceptors (Lipinski definition) is 4. The third kappa shape index (κ3) is 4.39. The summed E-state index contributed by atoms with van der Waals surface area (Å²) in [6.07, 6.45) is 0. The molecule has 0 amide bonds. The van der Waals surface area contributed by atoms with Gasteiger partial charge in [0.15, 0.2) is 0 Å². The van der Waals surface area contributed by atoms with Gasteiger partial charge in [-0.25, -0.2) is 0 Å². The molecule has 0 aliphatic heterocycles. The molecular weight excluding hydrogens is 727 g/mol. The van der Waals surface area contributed by atoms with Crippen LogP contribution in [0.3, 0.4) is 0 Å². The molecule has 0 saturated heterocycles. The Morgan fingerprint density at radius 2 is 0.610 bits per heavy atom. The number of fused-ring (bicyclic) bond motifs is 15. The van der Waals surface area contributed by atoms with Crippen LogP contribution in [-0.4, -0.2) is 4.57 Å². The van der Waals surface area contributed by atoms with Crippen molar-refractivity contribution in [1.29, 1.82) is 0 Å². The van der Waals surface area contributed by atoms with Gasteiger partial charge in [0.1, 0.15) is 44.7 Å². The Hall–Kier alpha value is -8.02. The maximum Gasteiger partial charge on any atom is 0.139 e. The Balaban J connectivity index is 0.944. The van der Waals surface area contributed by atoms with E-state index in [1.165, 1.54) is 10.8 Å². The van der Waals surface area contributed by atoms with Gasteiger partial charge in [-0.3, -0.25) is 0 Å². The number of rotatable bonds is 3. The lowest BCUT2D eigenvalue weighted by atomic mass is 9.98. The monoisotopic (exact) mass is 755 g/mol. The second kappa shape index (κ2) is 11.3. The minimum absolute atomic E-state index is 0.821. The van der Waals surface area contributed by atoms with Crippen molar-refractivity contribution in [3.63, 3.8) is 0 Å². The van der Waals surface area contributed by atoms with Gasteiger partial charge in [0.25, 0.3) is 0 Å². The van der Waals surface area contributed by atoms with E-state index in [9.17, 15) is 0 Å². The molecule has 5 nitrogen and oxygen atoms in total. The van der Waals surface area contributed by atoms with E-state index in [2.05, 4.69) is 144 Å². The van der Waals surface area contributed by atoms with Crippen LogP contribution >= 0.6 is 0 Å². The molecule has 14 aromatic rings. The highest BCUT2D eigenvalue weighted by molar-refractivity contribution is 6.18. The van der Waals surface area contributed by atoms with Crippen molar-refractivity contribution in [3.8, 4) is 27.9 Å². The summed E-state index contributed by atoms with van der Waals surface area (Å²) in [6, 6.07) is 62.2. The van der Waals surface area contributed by atoms with Crippen LogP contribution in [0.15, 0.2) is 194 Å². The SMILES string of the molecule is c1ccc(-n2c3ccc(-c4ccc5oc6cc7c(cc6c5c4)oc4ccccc47)cc3c3cc(-c4ccc5oc6cc7oc8ccccc8c7cc6c5c4)ccc32)cc1. The van der Waals surface area contributed by atoms with Crippen LogP contribution in [0.4, 0.5) is 0 Å². The van der Waals surface area contributed by atoms with Gasteiger partial charge in [0.2, 0.25) is 0 Å². The zero-order valence-corrected chi connectivity index (χ0v) is 31.3. The van der Waals surface area contributed by atoms with Crippen molar-refractivity contribution in [2.24, 2.45) is 0 Å². The van der Waals surface area contributed by atoms with Gasteiger partial charge < -0.3 is 22.2 Å². The van der Waals surface area contributed by atoms with Crippen LogP contribution in [-0.2, 0) is 0 Å². The molecule has 59 heavy (non-hydrogen) atoms. The summed E-state index contributed by atoms with van der Waals surface area (Å²) in [7, 11) is 0. The van der Waals surface area contributed by atoms with E-state index in [0.717, 1.165) is 127 Å². The zero-order valence-electron chi connectivity index (χ0n) is 31.3. The molecule has 0 fully saturated rings. The molecule has 0 saturated carbocycles. The van der Waals surface area contributed by atoms with E-state index < -0.39 is 0 Å². The standard InChI is InChI=1S/C54H29NO4/c1-2-8-34(9-3-1)55-45-18-14-30(32-16-20-49-39(24-32)42-26-41-35-10-4-6-12-47(35)57-53(41)29-54(42)59-49)22-37(45)38-23-31(15-19-46(38)55)33-17-21-50-40(25-33)44-28-51-43(27-52(44)58-50)36-11-5-7-13-48(36)56-51/h1-29H. The second-order valence-electron chi connectivity index (χ2n) is 15.6. The molecule has 0 N–H and O–H groups in total. The number of furan rings is 4. The van der Waals surface area contributed by atoms with Gasteiger partial charge in [-0.1, -0.05) is 78.9 Å². The lowest BCUT2D eigenvalue weighted by molar-refractivity contribution is 0.656. The molecule has 274 valence electrons. The molecule has 5 heteroatoms. The lowest BCUT2D eigenvalue weighted by Gasteiger charge is -2.08. The van der Waals surface area contributed by atoms with Crippen molar-refractivity contribution in [1.82, 2.24) is 4.57 Å². The molecule has 0 bridgehead atoms. The normalized spacial score (nSPS) is 12.4. The van der Waals surface area contributed by atoms with Crippen LogP contribution in [0.1, 0.15) is 0 Å². The molecule has 5 heterocycles. The molecule has 14 rings (SSSR count). The van der Waals surface area contributed by atoms with Crippen molar-refractivity contribution in [2.75, 3.05) is 0 Å². The van der Waals surface area contributed by atoms with Crippen molar-refractivity contribution >= 4 is 110 Å². The maximum atomic E-state index is 6.43. The topological polar surface area (TPSA) is 57.5 Å². The molecule has 0 aliphatic rings. The molecule has 0 unspecified atom stereocenters. The molecule has 0 atom stereocenters. The Kier molecular flexibility index (Phi) is 5.96. The van der Waals surface area contributed by atoms with Crippen molar-refractivity contribution in [2.45, 2.75) is 0 Å². The fourth-order valence-electron chi connectivity index (χ4n) is 9.59.